The summed E-state index contributed by atoms with van der Waals surface area (Å²) in [5.74, 6) is -0.851. The van der Waals surface area contributed by atoms with E-state index >= 15 is 0 Å². The van der Waals surface area contributed by atoms with Crippen LogP contribution in [0.15, 0.2) is 48.6 Å². The zero-order valence-corrected chi connectivity index (χ0v) is 51.0. The predicted molar refractivity (Wildman–Crippen MR) is 330 cm³/mol. The highest BCUT2D eigenvalue weighted by molar-refractivity contribution is 5.71. The summed E-state index contributed by atoms with van der Waals surface area (Å²) in [5.41, 5.74) is 0. The smallest absolute Gasteiger partial charge is 0.306 e. The lowest BCUT2D eigenvalue weighted by atomic mass is 10.0. The molecule has 0 N–H and O–H groups in total. The number of unbranched alkanes of at least 4 members (excludes halogenated alkanes) is 43. The van der Waals surface area contributed by atoms with E-state index in [0.29, 0.717) is 19.3 Å². The molecule has 0 aliphatic heterocycles. The van der Waals surface area contributed by atoms with Gasteiger partial charge in [0.15, 0.2) is 6.10 Å². The summed E-state index contributed by atoms with van der Waals surface area (Å²) in [6.07, 6.45) is 81.2. The van der Waals surface area contributed by atoms with Crippen molar-refractivity contribution < 1.29 is 28.6 Å². The highest BCUT2D eigenvalue weighted by Gasteiger charge is 2.19. The van der Waals surface area contributed by atoms with E-state index in [1.807, 2.05) is 0 Å². The molecule has 0 aliphatic carbocycles. The van der Waals surface area contributed by atoms with Gasteiger partial charge in [-0.2, -0.15) is 0 Å². The zero-order valence-electron chi connectivity index (χ0n) is 51.0. The van der Waals surface area contributed by atoms with Crippen molar-refractivity contribution in [2.24, 2.45) is 0 Å². The van der Waals surface area contributed by atoms with Crippen LogP contribution in [0.4, 0.5) is 0 Å². The Morgan fingerprint density at radius 1 is 0.276 bits per heavy atom. The molecule has 0 aromatic carbocycles. The maximum absolute atomic E-state index is 12.9. The van der Waals surface area contributed by atoms with Crippen molar-refractivity contribution in [1.82, 2.24) is 0 Å². The van der Waals surface area contributed by atoms with Crippen LogP contribution in [0.5, 0.6) is 0 Å². The van der Waals surface area contributed by atoms with Crippen molar-refractivity contribution >= 4 is 17.9 Å². The predicted octanol–water partition coefficient (Wildman–Crippen LogP) is 22.9. The van der Waals surface area contributed by atoms with Gasteiger partial charge in [-0.3, -0.25) is 14.4 Å². The molecule has 0 aromatic heterocycles. The third-order valence-electron chi connectivity index (χ3n) is 15.1. The lowest BCUT2D eigenvalue weighted by Gasteiger charge is -2.18. The summed E-state index contributed by atoms with van der Waals surface area (Å²) in [6.45, 7) is 6.59. The summed E-state index contributed by atoms with van der Waals surface area (Å²) in [5, 5.41) is 0. The second-order valence-corrected chi connectivity index (χ2v) is 22.7. The van der Waals surface area contributed by atoms with Crippen molar-refractivity contribution in [3.63, 3.8) is 0 Å². The van der Waals surface area contributed by atoms with Crippen molar-refractivity contribution in [2.45, 2.75) is 367 Å². The Balaban J connectivity index is 4.32. The molecule has 0 fully saturated rings. The SMILES string of the molecule is CC/C=C\C/C=C\C/C=C\C/C=C\CCCCCCCCCCC(=O)OCC(COC(=O)CCCCCCCCCCCCCCCCCC)OC(=O)CCCCCCCCCCCCCCCCCCCCCCC. The Kier molecular flexibility index (Phi) is 62.6. The van der Waals surface area contributed by atoms with Crippen molar-refractivity contribution in [1.29, 1.82) is 0 Å². The average molecular weight is 1070 g/mol. The van der Waals surface area contributed by atoms with Gasteiger partial charge in [0.1, 0.15) is 13.2 Å². The molecule has 0 heterocycles. The maximum Gasteiger partial charge on any atom is 0.306 e. The largest absolute Gasteiger partial charge is 0.462 e. The quantitative estimate of drug-likeness (QED) is 0.0261. The van der Waals surface area contributed by atoms with Gasteiger partial charge >= 0.3 is 17.9 Å². The fourth-order valence-electron chi connectivity index (χ4n) is 10.1. The first-order valence-electron chi connectivity index (χ1n) is 33.6. The van der Waals surface area contributed by atoms with Crippen LogP contribution in [0.3, 0.4) is 0 Å². The molecule has 0 aliphatic rings. The summed E-state index contributed by atoms with van der Waals surface area (Å²) in [6, 6.07) is 0. The molecular weight excluding hydrogens is 937 g/mol. The van der Waals surface area contributed by atoms with Gasteiger partial charge in [0.05, 0.1) is 0 Å². The van der Waals surface area contributed by atoms with E-state index in [9.17, 15) is 14.4 Å². The fraction of sp³-hybridized carbons (Fsp3) is 0.843. The van der Waals surface area contributed by atoms with Crippen LogP contribution in [0.1, 0.15) is 361 Å². The molecule has 6 heteroatoms. The Hall–Kier alpha value is -2.63. The number of rotatable bonds is 62. The minimum Gasteiger partial charge on any atom is -0.462 e. The zero-order chi connectivity index (χ0) is 55.0. The number of carbonyl (C=O) groups is 3. The van der Waals surface area contributed by atoms with Gasteiger partial charge < -0.3 is 14.2 Å². The Morgan fingerprint density at radius 3 is 0.803 bits per heavy atom. The van der Waals surface area contributed by atoms with Gasteiger partial charge in [0.2, 0.25) is 0 Å². The lowest BCUT2D eigenvalue weighted by molar-refractivity contribution is -0.167. The molecule has 0 rings (SSSR count). The minimum atomic E-state index is -0.774. The summed E-state index contributed by atoms with van der Waals surface area (Å²) >= 11 is 0. The molecule has 0 aromatic rings. The second kappa shape index (κ2) is 64.9. The van der Waals surface area contributed by atoms with Crippen LogP contribution in [0.2, 0.25) is 0 Å². The number of ether oxygens (including phenoxy) is 3. The number of carbonyl (C=O) groups excluding carboxylic acids is 3. The molecular formula is C70H128O6. The Morgan fingerprint density at radius 2 is 0.513 bits per heavy atom. The normalized spacial score (nSPS) is 12.3. The number of esters is 3. The van der Waals surface area contributed by atoms with E-state index in [1.165, 1.54) is 231 Å². The monoisotopic (exact) mass is 1060 g/mol. The molecule has 6 nitrogen and oxygen atoms in total. The average Bonchev–Trinajstić information content (AvgIpc) is 3.42. The van der Waals surface area contributed by atoms with Crippen molar-refractivity contribution in [2.75, 3.05) is 13.2 Å². The molecule has 0 spiro atoms. The van der Waals surface area contributed by atoms with Gasteiger partial charge in [-0.05, 0) is 57.8 Å². The van der Waals surface area contributed by atoms with Gasteiger partial charge in [-0.25, -0.2) is 0 Å². The second-order valence-electron chi connectivity index (χ2n) is 22.7. The summed E-state index contributed by atoms with van der Waals surface area (Å²) in [7, 11) is 0. The van der Waals surface area contributed by atoms with Crippen LogP contribution in [-0.4, -0.2) is 37.2 Å². The first-order valence-corrected chi connectivity index (χ1v) is 33.6. The minimum absolute atomic E-state index is 0.0700. The molecule has 0 radical (unpaired) electrons. The van der Waals surface area contributed by atoms with E-state index in [2.05, 4.69) is 69.4 Å². The lowest BCUT2D eigenvalue weighted by Crippen LogP contribution is -2.30. The van der Waals surface area contributed by atoms with Gasteiger partial charge in [0.25, 0.3) is 0 Å². The molecule has 444 valence electrons. The molecule has 76 heavy (non-hydrogen) atoms. The molecule has 1 atom stereocenters. The van der Waals surface area contributed by atoms with Crippen LogP contribution in [0.25, 0.3) is 0 Å². The van der Waals surface area contributed by atoms with E-state index in [4.69, 9.17) is 14.2 Å². The number of hydrogen-bond acceptors (Lipinski definition) is 6. The van der Waals surface area contributed by atoms with E-state index < -0.39 is 6.10 Å². The van der Waals surface area contributed by atoms with Gasteiger partial charge in [-0.15, -0.1) is 0 Å². The van der Waals surface area contributed by atoms with E-state index in [1.54, 1.807) is 0 Å². The molecule has 0 amide bonds. The molecule has 0 bridgehead atoms. The highest BCUT2D eigenvalue weighted by Crippen LogP contribution is 2.18. The van der Waals surface area contributed by atoms with Gasteiger partial charge in [0, 0.05) is 19.3 Å². The Labute approximate surface area is 473 Å². The number of allylic oxidation sites excluding steroid dienone is 8. The third-order valence-corrected chi connectivity index (χ3v) is 15.1. The van der Waals surface area contributed by atoms with Crippen LogP contribution >= 0.6 is 0 Å². The summed E-state index contributed by atoms with van der Waals surface area (Å²) in [4.78, 5) is 38.4. The molecule has 1 unspecified atom stereocenters. The van der Waals surface area contributed by atoms with Gasteiger partial charge in [-0.1, -0.05) is 333 Å². The fourth-order valence-corrected chi connectivity index (χ4v) is 10.1. The van der Waals surface area contributed by atoms with Crippen LogP contribution in [0, 0.1) is 0 Å². The first-order chi connectivity index (χ1) is 37.5. The van der Waals surface area contributed by atoms with Crippen molar-refractivity contribution in [3.05, 3.63) is 48.6 Å². The topological polar surface area (TPSA) is 78.9 Å². The molecule has 0 saturated heterocycles. The number of hydrogen-bond donors (Lipinski definition) is 0. The standard InChI is InChI=1S/C70H128O6/c1-4-7-10-13-16-19-22-25-28-31-33-35-37-39-42-45-48-51-54-57-60-63-69(72)75-66-67(65-74-68(71)62-59-56-53-50-47-44-41-30-27-24-21-18-15-12-9-6-3)76-70(73)64-61-58-55-52-49-46-43-40-38-36-34-32-29-26-23-20-17-14-11-8-5-2/h7,10,16,19,25,28,33,35,67H,4-6,8-9,11-15,17-18,20-24,26-27,29-32,34,36-66H2,1-3H3/b10-7-,19-16-,28-25-,35-33-. The summed E-state index contributed by atoms with van der Waals surface area (Å²) < 4.78 is 17.0. The van der Waals surface area contributed by atoms with E-state index in [-0.39, 0.29) is 31.1 Å². The van der Waals surface area contributed by atoms with E-state index in [0.717, 1.165) is 89.9 Å². The highest BCUT2D eigenvalue weighted by atomic mass is 16.6. The van der Waals surface area contributed by atoms with Crippen molar-refractivity contribution in [3.8, 4) is 0 Å². The Bertz CT molecular complexity index is 1310. The third kappa shape index (κ3) is 62.2. The first kappa shape index (κ1) is 73.4. The van der Waals surface area contributed by atoms with Crippen LogP contribution in [-0.2, 0) is 28.6 Å². The maximum atomic E-state index is 12.9. The molecule has 0 saturated carbocycles. The van der Waals surface area contributed by atoms with Crippen LogP contribution < -0.4 is 0 Å².